The number of pyridine rings is 1. The smallest absolute Gasteiger partial charge is 0.294 e. The Labute approximate surface area is 194 Å². The fraction of sp³-hybridized carbons (Fsp3) is 0.440. The number of benzene rings is 1. The Morgan fingerprint density at radius 2 is 2.00 bits per heavy atom. The highest BCUT2D eigenvalue weighted by Crippen LogP contribution is 2.29. The number of aryl methyl sites for hydroxylation is 1. The summed E-state index contributed by atoms with van der Waals surface area (Å²) in [7, 11) is 0. The number of nitrogens with one attached hydrogen (secondary N) is 2. The maximum absolute atomic E-state index is 12.6. The molecule has 0 spiro atoms. The van der Waals surface area contributed by atoms with E-state index >= 15 is 0 Å². The van der Waals surface area contributed by atoms with Gasteiger partial charge in [0.1, 0.15) is 17.4 Å². The first-order chi connectivity index (χ1) is 15.6. The number of carbonyl (C=O) groups excluding carboxylic acids is 1. The number of ether oxygens (including phenoxy) is 1. The summed E-state index contributed by atoms with van der Waals surface area (Å²) in [4.78, 5) is 19.8. The second kappa shape index (κ2) is 10.6. The summed E-state index contributed by atoms with van der Waals surface area (Å²) in [6.07, 6.45) is 3.82. The summed E-state index contributed by atoms with van der Waals surface area (Å²) in [5.74, 6) is 2.06. The van der Waals surface area contributed by atoms with Gasteiger partial charge < -0.3 is 20.1 Å². The standard InChI is InChI=1S/C25H33N5O3/c1-16(2)13-22-27-23(30-29-22)24(31)28-21-14-18(9-11-26-21)20-15-19(8-7-17(20)3)33-12-6-10-25(4,5)32/h7-9,11,14-16,32H,6,10,12-13H2,1-5H3,(H,26,28,31)(H,27,29,30). The fourth-order valence-corrected chi connectivity index (χ4v) is 3.42. The lowest BCUT2D eigenvalue weighted by atomic mass is 10.0. The molecule has 0 radical (unpaired) electrons. The van der Waals surface area contributed by atoms with E-state index < -0.39 is 5.60 Å². The van der Waals surface area contributed by atoms with Crippen molar-refractivity contribution in [2.75, 3.05) is 11.9 Å². The minimum absolute atomic E-state index is 0.162. The van der Waals surface area contributed by atoms with Crippen LogP contribution in [0.25, 0.3) is 11.1 Å². The minimum Gasteiger partial charge on any atom is -0.494 e. The van der Waals surface area contributed by atoms with Gasteiger partial charge in [0.25, 0.3) is 5.91 Å². The molecule has 0 aliphatic rings. The van der Waals surface area contributed by atoms with E-state index in [1.54, 1.807) is 20.0 Å². The number of hydrogen-bond donors (Lipinski definition) is 3. The van der Waals surface area contributed by atoms with Gasteiger partial charge in [-0.3, -0.25) is 4.79 Å². The van der Waals surface area contributed by atoms with Gasteiger partial charge in [0.2, 0.25) is 5.82 Å². The maximum Gasteiger partial charge on any atom is 0.294 e. The highest BCUT2D eigenvalue weighted by atomic mass is 16.5. The molecule has 3 aromatic rings. The van der Waals surface area contributed by atoms with Crippen LogP contribution in [0.4, 0.5) is 5.82 Å². The molecule has 3 N–H and O–H groups in total. The van der Waals surface area contributed by atoms with Gasteiger partial charge >= 0.3 is 0 Å². The van der Waals surface area contributed by atoms with E-state index in [-0.39, 0.29) is 11.7 Å². The van der Waals surface area contributed by atoms with Gasteiger partial charge in [-0.1, -0.05) is 19.9 Å². The largest absolute Gasteiger partial charge is 0.494 e. The predicted molar refractivity (Wildman–Crippen MR) is 128 cm³/mol. The summed E-state index contributed by atoms with van der Waals surface area (Å²) >= 11 is 0. The van der Waals surface area contributed by atoms with Crippen LogP contribution in [-0.2, 0) is 6.42 Å². The lowest BCUT2D eigenvalue weighted by molar-refractivity contribution is 0.0641. The summed E-state index contributed by atoms with van der Waals surface area (Å²) in [5, 5.41) is 20.6. The van der Waals surface area contributed by atoms with Crippen molar-refractivity contribution in [1.29, 1.82) is 0 Å². The molecular formula is C25H33N5O3. The first-order valence-electron chi connectivity index (χ1n) is 11.3. The third-order valence-corrected chi connectivity index (χ3v) is 5.07. The number of carbonyl (C=O) groups is 1. The van der Waals surface area contributed by atoms with Crippen LogP contribution in [0, 0.1) is 12.8 Å². The average Bonchev–Trinajstić information content (AvgIpc) is 3.20. The molecule has 2 aromatic heterocycles. The van der Waals surface area contributed by atoms with E-state index in [1.807, 2.05) is 37.3 Å². The van der Waals surface area contributed by atoms with Gasteiger partial charge in [-0.15, -0.1) is 10.2 Å². The fourth-order valence-electron chi connectivity index (χ4n) is 3.42. The van der Waals surface area contributed by atoms with Gasteiger partial charge in [0.15, 0.2) is 0 Å². The second-order valence-electron chi connectivity index (χ2n) is 9.34. The number of rotatable bonds is 10. The quantitative estimate of drug-likeness (QED) is 0.390. The molecule has 0 aliphatic heterocycles. The van der Waals surface area contributed by atoms with Crippen molar-refractivity contribution in [3.8, 4) is 16.9 Å². The predicted octanol–water partition coefficient (Wildman–Crippen LogP) is 4.56. The van der Waals surface area contributed by atoms with Crippen LogP contribution in [-0.4, -0.2) is 43.4 Å². The van der Waals surface area contributed by atoms with Crippen LogP contribution < -0.4 is 10.1 Å². The van der Waals surface area contributed by atoms with Gasteiger partial charge in [-0.2, -0.15) is 0 Å². The number of nitrogens with zero attached hydrogens (tertiary/aromatic N) is 3. The van der Waals surface area contributed by atoms with Crippen molar-refractivity contribution < 1.29 is 14.6 Å². The van der Waals surface area contributed by atoms with Gasteiger partial charge in [0, 0.05) is 12.6 Å². The van der Waals surface area contributed by atoms with Crippen LogP contribution >= 0.6 is 0 Å². The molecule has 0 atom stereocenters. The third kappa shape index (κ3) is 7.39. The number of aromatic amines is 1. The molecule has 2 heterocycles. The molecular weight excluding hydrogens is 418 g/mol. The molecule has 0 saturated heterocycles. The molecule has 33 heavy (non-hydrogen) atoms. The molecule has 0 fully saturated rings. The lowest BCUT2D eigenvalue weighted by Crippen LogP contribution is -2.19. The Morgan fingerprint density at radius 3 is 2.73 bits per heavy atom. The molecule has 0 unspecified atom stereocenters. The maximum atomic E-state index is 12.6. The van der Waals surface area contributed by atoms with Crippen molar-refractivity contribution in [2.24, 2.45) is 5.92 Å². The Hall–Kier alpha value is -3.26. The van der Waals surface area contributed by atoms with E-state index in [0.29, 0.717) is 30.6 Å². The number of anilines is 1. The zero-order valence-corrected chi connectivity index (χ0v) is 20.0. The number of H-pyrrole nitrogens is 1. The first-order valence-corrected chi connectivity index (χ1v) is 11.3. The van der Waals surface area contributed by atoms with Crippen LogP contribution in [0.2, 0.25) is 0 Å². The van der Waals surface area contributed by atoms with Crippen molar-refractivity contribution in [3.05, 3.63) is 53.7 Å². The highest BCUT2D eigenvalue weighted by molar-refractivity contribution is 6.01. The van der Waals surface area contributed by atoms with E-state index in [4.69, 9.17) is 4.74 Å². The first kappa shape index (κ1) is 24.4. The second-order valence-corrected chi connectivity index (χ2v) is 9.34. The molecule has 3 rings (SSSR count). The summed E-state index contributed by atoms with van der Waals surface area (Å²) < 4.78 is 5.89. The Kier molecular flexibility index (Phi) is 7.81. The van der Waals surface area contributed by atoms with E-state index in [9.17, 15) is 9.90 Å². The van der Waals surface area contributed by atoms with E-state index in [0.717, 1.165) is 35.3 Å². The summed E-state index contributed by atoms with van der Waals surface area (Å²) in [5.41, 5.74) is 2.29. The van der Waals surface area contributed by atoms with Crippen molar-refractivity contribution in [1.82, 2.24) is 20.2 Å². The Bertz CT molecular complexity index is 1090. The molecule has 0 aliphatic carbocycles. The molecule has 8 heteroatoms. The average molecular weight is 452 g/mol. The number of amides is 1. The Morgan fingerprint density at radius 1 is 1.21 bits per heavy atom. The zero-order valence-electron chi connectivity index (χ0n) is 20.0. The third-order valence-electron chi connectivity index (χ3n) is 5.07. The number of hydrogen-bond acceptors (Lipinski definition) is 6. The molecule has 8 nitrogen and oxygen atoms in total. The van der Waals surface area contributed by atoms with E-state index in [2.05, 4.69) is 39.3 Å². The van der Waals surface area contributed by atoms with Crippen LogP contribution in [0.1, 0.15) is 62.5 Å². The van der Waals surface area contributed by atoms with Gasteiger partial charge in [-0.25, -0.2) is 4.98 Å². The zero-order chi connectivity index (χ0) is 24.0. The summed E-state index contributed by atoms with van der Waals surface area (Å²) in [6, 6.07) is 9.64. The van der Waals surface area contributed by atoms with Crippen molar-refractivity contribution in [3.63, 3.8) is 0 Å². The van der Waals surface area contributed by atoms with Crippen molar-refractivity contribution in [2.45, 2.75) is 59.5 Å². The molecule has 1 aromatic carbocycles. The monoisotopic (exact) mass is 451 g/mol. The molecule has 1 amide bonds. The normalized spacial score (nSPS) is 11.6. The number of aliphatic hydroxyl groups is 1. The van der Waals surface area contributed by atoms with Gasteiger partial charge in [0.05, 0.1) is 12.2 Å². The summed E-state index contributed by atoms with van der Waals surface area (Å²) in [6.45, 7) is 10.3. The van der Waals surface area contributed by atoms with Crippen LogP contribution in [0.15, 0.2) is 36.5 Å². The minimum atomic E-state index is -0.693. The molecule has 0 bridgehead atoms. The highest BCUT2D eigenvalue weighted by Gasteiger charge is 2.15. The van der Waals surface area contributed by atoms with Crippen LogP contribution in [0.5, 0.6) is 5.75 Å². The Balaban J connectivity index is 1.69. The van der Waals surface area contributed by atoms with Crippen LogP contribution in [0.3, 0.4) is 0 Å². The molecule has 0 saturated carbocycles. The topological polar surface area (TPSA) is 113 Å². The molecule has 176 valence electrons. The lowest BCUT2D eigenvalue weighted by Gasteiger charge is -2.17. The number of aromatic nitrogens is 4. The van der Waals surface area contributed by atoms with Gasteiger partial charge in [-0.05, 0) is 80.5 Å². The van der Waals surface area contributed by atoms with Crippen molar-refractivity contribution >= 4 is 11.7 Å². The van der Waals surface area contributed by atoms with E-state index in [1.165, 1.54) is 0 Å². The SMILES string of the molecule is Cc1ccc(OCCCC(C)(C)O)cc1-c1ccnc(NC(=O)c2nnc(CC(C)C)[nH]2)c1.